The van der Waals surface area contributed by atoms with Crippen molar-refractivity contribution < 1.29 is 0 Å². The summed E-state index contributed by atoms with van der Waals surface area (Å²) in [6.07, 6.45) is 14.8. The predicted octanol–water partition coefficient (Wildman–Crippen LogP) is 10.6. The van der Waals surface area contributed by atoms with Crippen LogP contribution in [0, 0.1) is 5.41 Å². The van der Waals surface area contributed by atoms with Gasteiger partial charge in [-0.15, -0.1) is 11.8 Å². The minimum absolute atomic E-state index is 0.327. The van der Waals surface area contributed by atoms with Gasteiger partial charge in [-0.3, -0.25) is 0 Å². The zero-order chi connectivity index (χ0) is 23.0. The fourth-order valence-corrected chi connectivity index (χ4v) is 4.63. The van der Waals surface area contributed by atoms with Crippen LogP contribution in [0.5, 0.6) is 0 Å². The lowest BCUT2D eigenvalue weighted by atomic mass is 9.89. The van der Waals surface area contributed by atoms with Crippen LogP contribution in [-0.2, 0) is 0 Å². The van der Waals surface area contributed by atoms with Crippen molar-refractivity contribution in [3.63, 3.8) is 0 Å². The van der Waals surface area contributed by atoms with Crippen molar-refractivity contribution in [2.24, 2.45) is 5.41 Å². The van der Waals surface area contributed by atoms with E-state index in [1.54, 1.807) is 5.57 Å². The molecule has 0 fully saturated rings. The van der Waals surface area contributed by atoms with Crippen LogP contribution in [0.25, 0.3) is 0 Å². The van der Waals surface area contributed by atoms with Crippen LogP contribution in [0.1, 0.15) is 114 Å². The molecule has 0 aliphatic carbocycles. The van der Waals surface area contributed by atoms with E-state index in [0.717, 1.165) is 6.42 Å². The first kappa shape index (κ1) is 29.1. The Morgan fingerprint density at radius 2 is 1.23 bits per heavy atom. The van der Waals surface area contributed by atoms with Crippen molar-refractivity contribution in [3.05, 3.63) is 53.6 Å². The molecule has 0 saturated heterocycles. The molecule has 1 aromatic carbocycles. The second-order valence-corrected chi connectivity index (χ2v) is 12.1. The molecule has 0 aliphatic heterocycles. The fourth-order valence-electron chi connectivity index (χ4n) is 3.45. The molecule has 0 unspecified atom stereocenters. The van der Waals surface area contributed by atoms with E-state index in [2.05, 4.69) is 105 Å². The molecule has 1 heteroatoms. The van der Waals surface area contributed by atoms with Gasteiger partial charge in [-0.05, 0) is 82.8 Å². The van der Waals surface area contributed by atoms with Gasteiger partial charge in [-0.25, -0.2) is 0 Å². The Balaban J connectivity index is 0.000000612. The van der Waals surface area contributed by atoms with Crippen molar-refractivity contribution in [3.8, 4) is 0 Å². The lowest BCUT2D eigenvalue weighted by Gasteiger charge is -2.24. The highest BCUT2D eigenvalue weighted by Crippen LogP contribution is 2.36. The second-order valence-electron chi connectivity index (χ2n) is 10.4. The van der Waals surface area contributed by atoms with E-state index in [1.165, 1.54) is 55.4 Å². The van der Waals surface area contributed by atoms with Crippen LogP contribution in [0.3, 0.4) is 0 Å². The van der Waals surface area contributed by atoms with E-state index in [0.29, 0.717) is 10.2 Å². The normalized spacial score (nSPS) is 13.1. The number of hydrogen-bond acceptors (Lipinski definition) is 1. The Labute approximate surface area is 194 Å². The quantitative estimate of drug-likeness (QED) is 0.248. The number of benzene rings is 1. The predicted molar refractivity (Wildman–Crippen MR) is 142 cm³/mol. The van der Waals surface area contributed by atoms with E-state index in [1.807, 2.05) is 11.8 Å². The summed E-state index contributed by atoms with van der Waals surface area (Å²) in [4.78, 5) is 1.38. The molecule has 0 spiro atoms. The van der Waals surface area contributed by atoms with E-state index < -0.39 is 0 Å². The molecule has 0 aromatic heterocycles. The second kappa shape index (κ2) is 15.8. The fraction of sp³-hybridized carbons (Fsp3) is 0.655. The SMILES string of the molecule is CC/C=C(\C)CCCC(C)(C)C.CC/C=C(\C)CCCC(C)(C)Sc1ccccc1. The van der Waals surface area contributed by atoms with Crippen LogP contribution in [0.15, 0.2) is 58.5 Å². The van der Waals surface area contributed by atoms with Gasteiger partial charge in [0.25, 0.3) is 0 Å². The summed E-state index contributed by atoms with van der Waals surface area (Å²) < 4.78 is 0.327. The summed E-state index contributed by atoms with van der Waals surface area (Å²) in [6, 6.07) is 10.7. The Kier molecular flexibility index (Phi) is 15.3. The molecule has 0 bridgehead atoms. The average molecular weight is 431 g/mol. The third-order valence-corrected chi connectivity index (χ3v) is 6.35. The van der Waals surface area contributed by atoms with E-state index in [4.69, 9.17) is 0 Å². The molecule has 1 rings (SSSR count). The van der Waals surface area contributed by atoms with E-state index >= 15 is 0 Å². The first-order chi connectivity index (χ1) is 14.0. The van der Waals surface area contributed by atoms with Crippen LogP contribution >= 0.6 is 11.8 Å². The minimum Gasteiger partial charge on any atom is -0.120 e. The Morgan fingerprint density at radius 3 is 1.67 bits per heavy atom. The minimum atomic E-state index is 0.327. The number of rotatable bonds is 11. The maximum absolute atomic E-state index is 2.35. The Hall–Kier alpha value is -0.950. The van der Waals surface area contributed by atoms with Crippen LogP contribution in [0.4, 0.5) is 0 Å². The number of allylic oxidation sites excluding steroid dienone is 4. The molecule has 0 N–H and O–H groups in total. The van der Waals surface area contributed by atoms with Crippen LogP contribution < -0.4 is 0 Å². The van der Waals surface area contributed by atoms with Gasteiger partial charge < -0.3 is 0 Å². The van der Waals surface area contributed by atoms with E-state index in [9.17, 15) is 0 Å². The summed E-state index contributed by atoms with van der Waals surface area (Å²) in [5.74, 6) is 0. The first-order valence-electron chi connectivity index (χ1n) is 12.0. The highest BCUT2D eigenvalue weighted by Gasteiger charge is 2.18. The van der Waals surface area contributed by atoms with Gasteiger partial charge >= 0.3 is 0 Å². The van der Waals surface area contributed by atoms with Gasteiger partial charge in [-0.1, -0.05) is 90.0 Å². The maximum atomic E-state index is 2.35. The summed E-state index contributed by atoms with van der Waals surface area (Å²) in [5, 5.41) is 0. The van der Waals surface area contributed by atoms with Gasteiger partial charge in [-0.2, -0.15) is 0 Å². The summed E-state index contributed by atoms with van der Waals surface area (Å²) in [5.41, 5.74) is 3.60. The van der Waals surface area contributed by atoms with Crippen molar-refractivity contribution in [2.45, 2.75) is 123 Å². The molecule has 172 valence electrons. The third-order valence-electron chi connectivity index (χ3n) is 5.09. The smallest absolute Gasteiger partial charge is 0.0151 e. The third kappa shape index (κ3) is 17.9. The van der Waals surface area contributed by atoms with Crippen molar-refractivity contribution in [1.29, 1.82) is 0 Å². The summed E-state index contributed by atoms with van der Waals surface area (Å²) in [7, 11) is 0. The summed E-state index contributed by atoms with van der Waals surface area (Å²) in [6.45, 7) is 20.5. The Bertz CT molecular complexity index is 599. The molecule has 0 radical (unpaired) electrons. The number of thioether (sulfide) groups is 1. The lowest BCUT2D eigenvalue weighted by Crippen LogP contribution is -2.14. The standard InChI is InChI=1S/C17H26S.C12H24/c1-5-10-15(2)11-9-14-17(3,4)18-16-12-7-6-8-13-16;1-6-8-11(2)9-7-10-12(3,4)5/h6-8,10,12-13H,5,9,11,14H2,1-4H3;8H,6-7,9-10H2,1-5H3/b15-10+;11-8+. The first-order valence-corrected chi connectivity index (χ1v) is 12.9. The van der Waals surface area contributed by atoms with Gasteiger partial charge in [0.1, 0.15) is 0 Å². The molecule has 0 saturated carbocycles. The zero-order valence-corrected chi connectivity index (χ0v) is 22.4. The monoisotopic (exact) mass is 430 g/mol. The van der Waals surface area contributed by atoms with Crippen LogP contribution in [0.2, 0.25) is 0 Å². The number of hydrogen-bond donors (Lipinski definition) is 0. The molecule has 0 heterocycles. The van der Waals surface area contributed by atoms with E-state index in [-0.39, 0.29) is 0 Å². The zero-order valence-electron chi connectivity index (χ0n) is 21.6. The van der Waals surface area contributed by atoms with Gasteiger partial charge in [0, 0.05) is 9.64 Å². The molecule has 0 amide bonds. The maximum Gasteiger partial charge on any atom is 0.0151 e. The molecule has 30 heavy (non-hydrogen) atoms. The molecule has 0 aliphatic rings. The molecular weight excluding hydrogens is 380 g/mol. The highest BCUT2D eigenvalue weighted by atomic mass is 32.2. The Morgan fingerprint density at radius 1 is 0.767 bits per heavy atom. The van der Waals surface area contributed by atoms with Gasteiger partial charge in [0.15, 0.2) is 0 Å². The lowest BCUT2D eigenvalue weighted by molar-refractivity contribution is 0.365. The molecule has 1 aromatic rings. The van der Waals surface area contributed by atoms with Gasteiger partial charge in [0.05, 0.1) is 0 Å². The largest absolute Gasteiger partial charge is 0.120 e. The molecule has 0 nitrogen and oxygen atoms in total. The van der Waals surface area contributed by atoms with Crippen molar-refractivity contribution >= 4 is 11.8 Å². The average Bonchev–Trinajstić information content (AvgIpc) is 2.62. The van der Waals surface area contributed by atoms with Crippen molar-refractivity contribution in [2.75, 3.05) is 0 Å². The molecule has 0 atom stereocenters. The molecular formula is C29H50S. The summed E-state index contributed by atoms with van der Waals surface area (Å²) >= 11 is 1.99. The van der Waals surface area contributed by atoms with Gasteiger partial charge in [0.2, 0.25) is 0 Å². The topological polar surface area (TPSA) is 0 Å². The highest BCUT2D eigenvalue weighted by molar-refractivity contribution is 8.00. The van der Waals surface area contributed by atoms with Crippen LogP contribution in [-0.4, -0.2) is 4.75 Å². The van der Waals surface area contributed by atoms with Crippen molar-refractivity contribution in [1.82, 2.24) is 0 Å².